The van der Waals surface area contributed by atoms with E-state index in [0.717, 1.165) is 57.0 Å². The lowest BCUT2D eigenvalue weighted by molar-refractivity contribution is -0.0881. The third kappa shape index (κ3) is 4.28. The lowest BCUT2D eigenvalue weighted by Crippen LogP contribution is -2.48. The first kappa shape index (κ1) is 16.5. The number of hydrogen-bond acceptors (Lipinski definition) is 4. The average molecular weight is 295 g/mol. The number of morpholine rings is 1. The standard InChI is InChI=1S/C16H29N3O2/c1-4-7-18-8-9-21-16(12-18)15(20)11-14-10-13(5-2)17-19(14)6-3/h10,15-16,20H,4-9,11-12H2,1-3H3. The summed E-state index contributed by atoms with van der Waals surface area (Å²) >= 11 is 0. The quantitative estimate of drug-likeness (QED) is 0.828. The molecule has 1 aromatic rings. The second-order valence-corrected chi connectivity index (χ2v) is 5.78. The van der Waals surface area contributed by atoms with Crippen LogP contribution in [0.4, 0.5) is 0 Å². The van der Waals surface area contributed by atoms with Crippen molar-refractivity contribution in [2.45, 2.75) is 58.8 Å². The molecule has 0 radical (unpaired) electrons. The molecule has 1 N–H and O–H groups in total. The van der Waals surface area contributed by atoms with Crippen LogP contribution in [-0.2, 0) is 24.1 Å². The predicted octanol–water partition coefficient (Wildman–Crippen LogP) is 1.48. The van der Waals surface area contributed by atoms with Crippen LogP contribution >= 0.6 is 0 Å². The summed E-state index contributed by atoms with van der Waals surface area (Å²) in [6.45, 7) is 10.8. The van der Waals surface area contributed by atoms with Crippen molar-refractivity contribution < 1.29 is 9.84 Å². The zero-order valence-corrected chi connectivity index (χ0v) is 13.6. The van der Waals surface area contributed by atoms with E-state index < -0.39 is 6.10 Å². The first-order chi connectivity index (χ1) is 10.2. The van der Waals surface area contributed by atoms with Gasteiger partial charge in [-0.1, -0.05) is 13.8 Å². The smallest absolute Gasteiger partial charge is 0.0964 e. The van der Waals surface area contributed by atoms with Crippen molar-refractivity contribution in [3.05, 3.63) is 17.5 Å². The molecule has 0 spiro atoms. The molecule has 2 rings (SSSR count). The fourth-order valence-corrected chi connectivity index (χ4v) is 2.96. The molecule has 2 atom stereocenters. The fourth-order valence-electron chi connectivity index (χ4n) is 2.96. The second-order valence-electron chi connectivity index (χ2n) is 5.78. The number of aromatic nitrogens is 2. The molecule has 1 saturated heterocycles. The largest absolute Gasteiger partial charge is 0.390 e. The molecule has 5 heteroatoms. The van der Waals surface area contributed by atoms with Crippen molar-refractivity contribution in [2.75, 3.05) is 26.2 Å². The van der Waals surface area contributed by atoms with Crippen LogP contribution in [0.25, 0.3) is 0 Å². The number of aliphatic hydroxyl groups is 1. The Bertz CT molecular complexity index is 431. The summed E-state index contributed by atoms with van der Waals surface area (Å²) < 4.78 is 7.77. The van der Waals surface area contributed by atoms with Gasteiger partial charge in [-0.15, -0.1) is 0 Å². The van der Waals surface area contributed by atoms with Crippen LogP contribution in [0.2, 0.25) is 0 Å². The molecule has 1 aromatic heterocycles. The van der Waals surface area contributed by atoms with E-state index in [9.17, 15) is 5.11 Å². The third-order valence-corrected chi connectivity index (χ3v) is 4.14. The molecule has 0 amide bonds. The van der Waals surface area contributed by atoms with Gasteiger partial charge in [0.25, 0.3) is 0 Å². The van der Waals surface area contributed by atoms with Gasteiger partial charge in [-0.3, -0.25) is 9.58 Å². The van der Waals surface area contributed by atoms with E-state index in [1.165, 1.54) is 0 Å². The minimum atomic E-state index is -0.462. The van der Waals surface area contributed by atoms with E-state index >= 15 is 0 Å². The Morgan fingerprint density at radius 2 is 2.24 bits per heavy atom. The highest BCUT2D eigenvalue weighted by atomic mass is 16.5. The highest BCUT2D eigenvalue weighted by molar-refractivity contribution is 5.12. The van der Waals surface area contributed by atoms with Crippen molar-refractivity contribution in [3.8, 4) is 0 Å². The van der Waals surface area contributed by atoms with Crippen molar-refractivity contribution in [2.24, 2.45) is 0 Å². The van der Waals surface area contributed by atoms with E-state index in [-0.39, 0.29) is 6.10 Å². The summed E-state index contributed by atoms with van der Waals surface area (Å²) in [4.78, 5) is 2.38. The number of rotatable bonds is 7. The van der Waals surface area contributed by atoms with Gasteiger partial charge in [0.2, 0.25) is 0 Å². The van der Waals surface area contributed by atoms with Gasteiger partial charge in [-0.25, -0.2) is 0 Å². The maximum absolute atomic E-state index is 10.5. The van der Waals surface area contributed by atoms with Gasteiger partial charge >= 0.3 is 0 Å². The number of aryl methyl sites for hydroxylation is 2. The summed E-state index contributed by atoms with van der Waals surface area (Å²) in [6.07, 6.45) is 2.14. The molecule has 0 aromatic carbocycles. The molecule has 1 aliphatic heterocycles. The molecule has 21 heavy (non-hydrogen) atoms. The monoisotopic (exact) mass is 295 g/mol. The number of aliphatic hydroxyl groups excluding tert-OH is 1. The van der Waals surface area contributed by atoms with Gasteiger partial charge in [-0.05, 0) is 32.4 Å². The SMILES string of the molecule is CCCN1CCOC(C(O)Cc2cc(CC)nn2CC)C1. The molecule has 0 bridgehead atoms. The third-order valence-electron chi connectivity index (χ3n) is 4.14. The fraction of sp³-hybridized carbons (Fsp3) is 0.812. The predicted molar refractivity (Wildman–Crippen MR) is 83.5 cm³/mol. The van der Waals surface area contributed by atoms with E-state index in [1.54, 1.807) is 0 Å². The summed E-state index contributed by atoms with van der Waals surface area (Å²) in [7, 11) is 0. The molecular formula is C16H29N3O2. The van der Waals surface area contributed by atoms with Gasteiger partial charge in [-0.2, -0.15) is 5.10 Å². The normalized spacial score (nSPS) is 21.6. The highest BCUT2D eigenvalue weighted by Crippen LogP contribution is 2.15. The van der Waals surface area contributed by atoms with Crippen molar-refractivity contribution in [1.82, 2.24) is 14.7 Å². The Labute approximate surface area is 127 Å². The molecule has 120 valence electrons. The molecule has 0 saturated carbocycles. The number of nitrogens with zero attached hydrogens (tertiary/aromatic N) is 3. The summed E-state index contributed by atoms with van der Waals surface area (Å²) in [5, 5.41) is 15.1. The maximum Gasteiger partial charge on any atom is 0.0964 e. The van der Waals surface area contributed by atoms with E-state index in [0.29, 0.717) is 6.42 Å². The van der Waals surface area contributed by atoms with Crippen LogP contribution in [-0.4, -0.2) is 58.2 Å². The lowest BCUT2D eigenvalue weighted by Gasteiger charge is -2.35. The van der Waals surface area contributed by atoms with Crippen LogP contribution in [0.5, 0.6) is 0 Å². The molecule has 5 nitrogen and oxygen atoms in total. The minimum Gasteiger partial charge on any atom is -0.390 e. The second kappa shape index (κ2) is 7.92. The van der Waals surface area contributed by atoms with Crippen molar-refractivity contribution in [3.63, 3.8) is 0 Å². The maximum atomic E-state index is 10.5. The Morgan fingerprint density at radius 1 is 1.43 bits per heavy atom. The topological polar surface area (TPSA) is 50.5 Å². The Hall–Kier alpha value is -0.910. The van der Waals surface area contributed by atoms with E-state index in [2.05, 4.69) is 36.8 Å². The highest BCUT2D eigenvalue weighted by Gasteiger charge is 2.27. The van der Waals surface area contributed by atoms with Crippen LogP contribution in [0.1, 0.15) is 38.6 Å². The summed E-state index contributed by atoms with van der Waals surface area (Å²) in [6, 6.07) is 2.11. The van der Waals surface area contributed by atoms with Gasteiger partial charge in [0.05, 0.1) is 24.5 Å². The molecule has 0 aliphatic carbocycles. The van der Waals surface area contributed by atoms with Crippen LogP contribution < -0.4 is 0 Å². The van der Waals surface area contributed by atoms with Crippen LogP contribution in [0.15, 0.2) is 6.07 Å². The summed E-state index contributed by atoms with van der Waals surface area (Å²) in [5.74, 6) is 0. The first-order valence-electron chi connectivity index (χ1n) is 8.25. The molecular weight excluding hydrogens is 266 g/mol. The lowest BCUT2D eigenvalue weighted by atomic mass is 10.1. The minimum absolute atomic E-state index is 0.0874. The van der Waals surface area contributed by atoms with Gasteiger partial charge in [0.1, 0.15) is 0 Å². The van der Waals surface area contributed by atoms with Crippen LogP contribution in [0.3, 0.4) is 0 Å². The van der Waals surface area contributed by atoms with Crippen LogP contribution in [0, 0.1) is 0 Å². The molecule has 2 heterocycles. The van der Waals surface area contributed by atoms with Gasteiger partial charge in [0.15, 0.2) is 0 Å². The average Bonchev–Trinajstić information content (AvgIpc) is 2.90. The first-order valence-corrected chi connectivity index (χ1v) is 8.25. The summed E-state index contributed by atoms with van der Waals surface area (Å²) in [5.41, 5.74) is 2.20. The number of ether oxygens (including phenoxy) is 1. The molecule has 1 fully saturated rings. The zero-order valence-electron chi connectivity index (χ0n) is 13.6. The molecule has 1 aliphatic rings. The van der Waals surface area contributed by atoms with Gasteiger partial charge in [0, 0.05) is 31.7 Å². The Balaban J connectivity index is 1.97. The molecule has 2 unspecified atom stereocenters. The van der Waals surface area contributed by atoms with Gasteiger partial charge < -0.3 is 9.84 Å². The van der Waals surface area contributed by atoms with E-state index in [4.69, 9.17) is 4.74 Å². The van der Waals surface area contributed by atoms with E-state index in [1.807, 2.05) is 4.68 Å². The van der Waals surface area contributed by atoms with Crippen molar-refractivity contribution in [1.29, 1.82) is 0 Å². The zero-order chi connectivity index (χ0) is 15.2. The Morgan fingerprint density at radius 3 is 2.90 bits per heavy atom. The Kier molecular flexibility index (Phi) is 6.21. The van der Waals surface area contributed by atoms with Crippen molar-refractivity contribution >= 4 is 0 Å². The number of hydrogen-bond donors (Lipinski definition) is 1.